The minimum atomic E-state index is 0.109. The second kappa shape index (κ2) is 7.30. The molecule has 0 saturated heterocycles. The molecule has 3 nitrogen and oxygen atoms in total. The van der Waals surface area contributed by atoms with Crippen LogP contribution in [0, 0.1) is 0 Å². The van der Waals surface area contributed by atoms with Gasteiger partial charge in [0.1, 0.15) is 5.75 Å². The van der Waals surface area contributed by atoms with Crippen molar-refractivity contribution in [3.63, 3.8) is 0 Å². The fourth-order valence-electron chi connectivity index (χ4n) is 1.89. The van der Waals surface area contributed by atoms with Gasteiger partial charge in [0.25, 0.3) is 0 Å². The van der Waals surface area contributed by atoms with Gasteiger partial charge in [-0.1, -0.05) is 25.1 Å². The predicted octanol–water partition coefficient (Wildman–Crippen LogP) is 2.77. The molecule has 2 atom stereocenters. The Morgan fingerprint density at radius 2 is 1.94 bits per heavy atom. The number of ether oxygens (including phenoxy) is 2. The van der Waals surface area contributed by atoms with Gasteiger partial charge in [-0.05, 0) is 26.0 Å². The largest absolute Gasteiger partial charge is 0.496 e. The van der Waals surface area contributed by atoms with Crippen LogP contribution in [0.2, 0.25) is 0 Å². The first-order valence-electron chi connectivity index (χ1n) is 6.13. The molecule has 0 saturated carbocycles. The zero-order valence-electron chi connectivity index (χ0n) is 11.2. The molecule has 17 heavy (non-hydrogen) atoms. The third-order valence-corrected chi connectivity index (χ3v) is 2.93. The van der Waals surface area contributed by atoms with Gasteiger partial charge >= 0.3 is 0 Å². The van der Waals surface area contributed by atoms with Gasteiger partial charge < -0.3 is 14.8 Å². The second-order valence-corrected chi connectivity index (χ2v) is 4.11. The van der Waals surface area contributed by atoms with Crippen molar-refractivity contribution in [2.24, 2.45) is 0 Å². The average Bonchev–Trinajstić information content (AvgIpc) is 2.39. The van der Waals surface area contributed by atoms with Crippen LogP contribution in [0.5, 0.6) is 5.75 Å². The number of nitrogens with one attached hydrogen (secondary N) is 1. The van der Waals surface area contributed by atoms with Gasteiger partial charge in [0.2, 0.25) is 0 Å². The van der Waals surface area contributed by atoms with Crippen LogP contribution in [0.4, 0.5) is 0 Å². The molecular formula is C14H23NO2. The van der Waals surface area contributed by atoms with Gasteiger partial charge in [-0.3, -0.25) is 0 Å². The summed E-state index contributed by atoms with van der Waals surface area (Å²) in [5.41, 5.74) is 1.15. The highest BCUT2D eigenvalue weighted by molar-refractivity contribution is 5.36. The molecule has 0 spiro atoms. The summed E-state index contributed by atoms with van der Waals surface area (Å²) in [4.78, 5) is 0. The van der Waals surface area contributed by atoms with E-state index in [2.05, 4.69) is 25.2 Å². The van der Waals surface area contributed by atoms with Gasteiger partial charge in [-0.25, -0.2) is 0 Å². The van der Waals surface area contributed by atoms with Gasteiger partial charge in [-0.2, -0.15) is 0 Å². The minimum Gasteiger partial charge on any atom is -0.496 e. The van der Waals surface area contributed by atoms with Crippen LogP contribution in [0.15, 0.2) is 24.3 Å². The SMILES string of the molecule is CCCNC(c1ccccc1OC)C(C)OC. The van der Waals surface area contributed by atoms with Crippen molar-refractivity contribution in [3.8, 4) is 5.75 Å². The Balaban J connectivity index is 2.94. The first kappa shape index (κ1) is 14.0. The Hall–Kier alpha value is -1.06. The van der Waals surface area contributed by atoms with Crippen molar-refractivity contribution in [2.75, 3.05) is 20.8 Å². The third kappa shape index (κ3) is 3.72. The van der Waals surface area contributed by atoms with E-state index < -0.39 is 0 Å². The van der Waals surface area contributed by atoms with Crippen LogP contribution in [-0.2, 0) is 4.74 Å². The summed E-state index contributed by atoms with van der Waals surface area (Å²) in [6.07, 6.45) is 1.21. The molecule has 0 aliphatic carbocycles. The lowest BCUT2D eigenvalue weighted by molar-refractivity contribution is 0.0821. The van der Waals surface area contributed by atoms with E-state index in [1.54, 1.807) is 14.2 Å². The molecule has 0 radical (unpaired) electrons. The number of hydrogen-bond acceptors (Lipinski definition) is 3. The zero-order chi connectivity index (χ0) is 12.7. The zero-order valence-corrected chi connectivity index (χ0v) is 11.2. The normalized spacial score (nSPS) is 14.4. The first-order chi connectivity index (χ1) is 8.24. The summed E-state index contributed by atoms with van der Waals surface area (Å²) in [6, 6.07) is 8.24. The van der Waals surface area contributed by atoms with Gasteiger partial charge in [0, 0.05) is 12.7 Å². The standard InChI is InChI=1S/C14H23NO2/c1-5-10-15-14(11(2)16-3)12-8-6-7-9-13(12)17-4/h6-9,11,14-15H,5,10H2,1-4H3. The second-order valence-electron chi connectivity index (χ2n) is 4.11. The molecule has 0 fully saturated rings. The Morgan fingerprint density at radius 1 is 1.24 bits per heavy atom. The van der Waals surface area contributed by atoms with Gasteiger partial charge in [0.05, 0.1) is 19.3 Å². The maximum atomic E-state index is 5.45. The predicted molar refractivity (Wildman–Crippen MR) is 70.5 cm³/mol. The van der Waals surface area contributed by atoms with E-state index in [1.165, 1.54) is 0 Å². The highest BCUT2D eigenvalue weighted by Crippen LogP contribution is 2.27. The third-order valence-electron chi connectivity index (χ3n) is 2.93. The minimum absolute atomic E-state index is 0.109. The molecule has 1 N–H and O–H groups in total. The van der Waals surface area contributed by atoms with Crippen LogP contribution in [0.1, 0.15) is 31.9 Å². The molecular weight excluding hydrogens is 214 g/mol. The molecule has 0 aliphatic rings. The summed E-state index contributed by atoms with van der Waals surface area (Å²) < 4.78 is 10.9. The first-order valence-corrected chi connectivity index (χ1v) is 6.13. The van der Waals surface area contributed by atoms with Crippen LogP contribution in [0.25, 0.3) is 0 Å². The average molecular weight is 237 g/mol. The van der Waals surface area contributed by atoms with Crippen LogP contribution in [0.3, 0.4) is 0 Å². The van der Waals surface area contributed by atoms with E-state index in [1.807, 2.05) is 18.2 Å². The van der Waals surface area contributed by atoms with Crippen molar-refractivity contribution in [2.45, 2.75) is 32.4 Å². The molecule has 0 bridgehead atoms. The summed E-state index contributed by atoms with van der Waals surface area (Å²) in [7, 11) is 3.44. The highest BCUT2D eigenvalue weighted by Gasteiger charge is 2.21. The monoisotopic (exact) mass is 237 g/mol. The topological polar surface area (TPSA) is 30.5 Å². The van der Waals surface area contributed by atoms with Crippen molar-refractivity contribution >= 4 is 0 Å². The number of rotatable bonds is 7. The van der Waals surface area contributed by atoms with Crippen molar-refractivity contribution < 1.29 is 9.47 Å². The maximum absolute atomic E-state index is 5.45. The molecule has 0 aromatic heterocycles. The van der Waals surface area contributed by atoms with E-state index >= 15 is 0 Å². The number of methoxy groups -OCH3 is 2. The van der Waals surface area contributed by atoms with Crippen LogP contribution >= 0.6 is 0 Å². The molecule has 1 aromatic rings. The van der Waals surface area contributed by atoms with Gasteiger partial charge in [-0.15, -0.1) is 0 Å². The Labute approximate surface area is 104 Å². The van der Waals surface area contributed by atoms with E-state index in [0.717, 1.165) is 24.3 Å². The molecule has 1 aromatic carbocycles. The molecule has 96 valence electrons. The quantitative estimate of drug-likeness (QED) is 0.791. The Bertz CT molecular complexity index is 328. The molecule has 0 amide bonds. The Kier molecular flexibility index (Phi) is 6.01. The maximum Gasteiger partial charge on any atom is 0.123 e. The number of para-hydroxylation sites is 1. The summed E-state index contributed by atoms with van der Waals surface area (Å²) >= 11 is 0. The van der Waals surface area contributed by atoms with Crippen molar-refractivity contribution in [1.29, 1.82) is 0 Å². The molecule has 0 aliphatic heterocycles. The molecule has 1 rings (SSSR count). The van der Waals surface area contributed by atoms with Crippen molar-refractivity contribution in [3.05, 3.63) is 29.8 Å². The fraction of sp³-hybridized carbons (Fsp3) is 0.571. The molecule has 0 heterocycles. The van der Waals surface area contributed by atoms with Crippen molar-refractivity contribution in [1.82, 2.24) is 5.32 Å². The molecule has 3 heteroatoms. The fourth-order valence-corrected chi connectivity index (χ4v) is 1.89. The summed E-state index contributed by atoms with van der Waals surface area (Å²) in [6.45, 7) is 5.19. The van der Waals surface area contributed by atoms with Crippen LogP contribution < -0.4 is 10.1 Å². The number of hydrogen-bond donors (Lipinski definition) is 1. The van der Waals surface area contributed by atoms with E-state index in [0.29, 0.717) is 0 Å². The smallest absolute Gasteiger partial charge is 0.123 e. The summed E-state index contributed by atoms with van der Waals surface area (Å²) in [5.74, 6) is 0.907. The van der Waals surface area contributed by atoms with E-state index in [4.69, 9.17) is 9.47 Å². The van der Waals surface area contributed by atoms with E-state index in [9.17, 15) is 0 Å². The highest BCUT2D eigenvalue weighted by atomic mass is 16.5. The number of benzene rings is 1. The summed E-state index contributed by atoms with van der Waals surface area (Å²) in [5, 5.41) is 3.51. The van der Waals surface area contributed by atoms with Gasteiger partial charge in [0.15, 0.2) is 0 Å². The lowest BCUT2D eigenvalue weighted by Crippen LogP contribution is -2.32. The Morgan fingerprint density at radius 3 is 2.53 bits per heavy atom. The lowest BCUT2D eigenvalue weighted by atomic mass is 10.0. The lowest BCUT2D eigenvalue weighted by Gasteiger charge is -2.26. The van der Waals surface area contributed by atoms with E-state index in [-0.39, 0.29) is 12.1 Å². The van der Waals surface area contributed by atoms with Crippen LogP contribution in [-0.4, -0.2) is 26.9 Å². The molecule has 2 unspecified atom stereocenters.